The fourth-order valence-corrected chi connectivity index (χ4v) is 1.41. The van der Waals surface area contributed by atoms with Gasteiger partial charge in [-0.1, -0.05) is 6.07 Å². The highest BCUT2D eigenvalue weighted by Gasteiger charge is 2.10. The second kappa shape index (κ2) is 5.05. The molecule has 6 nitrogen and oxygen atoms in total. The monoisotopic (exact) mass is 267 g/mol. The number of ether oxygens (including phenoxy) is 2. The van der Waals surface area contributed by atoms with Crippen molar-refractivity contribution in [2.45, 2.75) is 6.92 Å². The van der Waals surface area contributed by atoms with Crippen LogP contribution in [0.15, 0.2) is 18.2 Å². The van der Waals surface area contributed by atoms with Crippen molar-refractivity contribution >= 4 is 11.6 Å². The maximum absolute atomic E-state index is 9.55. The molecule has 0 saturated heterocycles. The van der Waals surface area contributed by atoms with Crippen molar-refractivity contribution < 1.29 is 14.6 Å². The Morgan fingerprint density at radius 3 is 2.61 bits per heavy atom. The van der Waals surface area contributed by atoms with Gasteiger partial charge in [-0.05, 0) is 30.7 Å². The van der Waals surface area contributed by atoms with Gasteiger partial charge in [0.2, 0.25) is 5.28 Å². The molecule has 0 aliphatic rings. The van der Waals surface area contributed by atoms with E-state index < -0.39 is 0 Å². The number of hydrogen-bond acceptors (Lipinski definition) is 6. The van der Waals surface area contributed by atoms with Crippen LogP contribution in [0, 0.1) is 6.92 Å². The van der Waals surface area contributed by atoms with E-state index in [9.17, 15) is 5.11 Å². The minimum absolute atomic E-state index is 0.000509. The van der Waals surface area contributed by atoms with Crippen molar-refractivity contribution in [2.24, 2.45) is 0 Å². The van der Waals surface area contributed by atoms with E-state index in [-0.39, 0.29) is 23.1 Å². The SMILES string of the molecule is COc1nc(Cl)nc(Oc2cccc(O)c2C)n1. The van der Waals surface area contributed by atoms with Crippen LogP contribution in [0.25, 0.3) is 0 Å². The van der Waals surface area contributed by atoms with Crippen LogP contribution < -0.4 is 9.47 Å². The maximum atomic E-state index is 9.55. The van der Waals surface area contributed by atoms with Crippen molar-refractivity contribution in [1.29, 1.82) is 0 Å². The molecule has 0 fully saturated rings. The van der Waals surface area contributed by atoms with Gasteiger partial charge in [-0.25, -0.2) is 0 Å². The number of aromatic hydroxyl groups is 1. The molecule has 1 aromatic carbocycles. The molecule has 0 bridgehead atoms. The third kappa shape index (κ3) is 2.60. The quantitative estimate of drug-likeness (QED) is 0.920. The van der Waals surface area contributed by atoms with Crippen molar-refractivity contribution in [3.63, 3.8) is 0 Å². The number of hydrogen-bond donors (Lipinski definition) is 1. The van der Waals surface area contributed by atoms with Crippen molar-refractivity contribution in [1.82, 2.24) is 15.0 Å². The van der Waals surface area contributed by atoms with Crippen molar-refractivity contribution in [2.75, 3.05) is 7.11 Å². The largest absolute Gasteiger partial charge is 0.508 e. The van der Waals surface area contributed by atoms with Crippen molar-refractivity contribution in [3.05, 3.63) is 29.0 Å². The molecule has 0 saturated carbocycles. The summed E-state index contributed by atoms with van der Waals surface area (Å²) in [7, 11) is 1.41. The Kier molecular flexibility index (Phi) is 3.47. The van der Waals surface area contributed by atoms with Crippen molar-refractivity contribution in [3.8, 4) is 23.5 Å². The zero-order valence-corrected chi connectivity index (χ0v) is 10.5. The molecular formula is C11H10ClN3O3. The van der Waals surface area contributed by atoms with Gasteiger partial charge in [0, 0.05) is 5.56 Å². The summed E-state index contributed by atoms with van der Waals surface area (Å²) >= 11 is 5.69. The van der Waals surface area contributed by atoms with Gasteiger partial charge in [0.25, 0.3) is 0 Å². The van der Waals surface area contributed by atoms with E-state index in [1.54, 1.807) is 25.1 Å². The average molecular weight is 268 g/mol. The number of aromatic nitrogens is 3. The van der Waals surface area contributed by atoms with Crippen LogP contribution in [0.2, 0.25) is 5.28 Å². The first-order valence-electron chi connectivity index (χ1n) is 5.02. The number of rotatable bonds is 3. The van der Waals surface area contributed by atoms with Crippen LogP contribution in [0.4, 0.5) is 0 Å². The number of phenols is 1. The molecule has 0 atom stereocenters. The molecule has 94 valence electrons. The lowest BCUT2D eigenvalue weighted by Gasteiger charge is -2.08. The zero-order chi connectivity index (χ0) is 13.1. The predicted molar refractivity (Wildman–Crippen MR) is 64.3 cm³/mol. The predicted octanol–water partition coefficient (Wildman–Crippen LogP) is 2.34. The average Bonchev–Trinajstić information content (AvgIpc) is 2.34. The van der Waals surface area contributed by atoms with E-state index in [1.807, 2.05) is 0 Å². The van der Waals surface area contributed by atoms with Crippen LogP contribution in [0.5, 0.6) is 23.5 Å². The Bertz CT molecular complexity index is 577. The van der Waals surface area contributed by atoms with Crippen LogP contribution >= 0.6 is 11.6 Å². The summed E-state index contributed by atoms with van der Waals surface area (Å²) in [6.45, 7) is 1.71. The Morgan fingerprint density at radius 1 is 1.17 bits per heavy atom. The minimum Gasteiger partial charge on any atom is -0.508 e. The Labute approximate surface area is 108 Å². The minimum atomic E-state index is -0.0327. The highest BCUT2D eigenvalue weighted by Crippen LogP contribution is 2.29. The molecule has 0 aliphatic heterocycles. The van der Waals surface area contributed by atoms with Gasteiger partial charge < -0.3 is 14.6 Å². The Balaban J connectivity index is 2.34. The molecule has 1 aromatic heterocycles. The lowest BCUT2D eigenvalue weighted by atomic mass is 10.2. The standard InChI is InChI=1S/C11H10ClN3O3/c1-6-7(16)4-3-5-8(6)18-11-14-9(12)13-10(15-11)17-2/h3-5,16H,1-2H3. The lowest BCUT2D eigenvalue weighted by Crippen LogP contribution is -1.99. The second-order valence-electron chi connectivity index (χ2n) is 3.38. The second-order valence-corrected chi connectivity index (χ2v) is 3.71. The fraction of sp³-hybridized carbons (Fsp3) is 0.182. The molecule has 0 aliphatic carbocycles. The van der Waals surface area contributed by atoms with Gasteiger partial charge in [-0.15, -0.1) is 4.98 Å². The van der Waals surface area contributed by atoms with Gasteiger partial charge in [0.1, 0.15) is 11.5 Å². The van der Waals surface area contributed by atoms with Crippen LogP contribution in [-0.4, -0.2) is 27.2 Å². The molecule has 2 rings (SSSR count). The first kappa shape index (κ1) is 12.4. The molecule has 0 unspecified atom stereocenters. The van der Waals surface area contributed by atoms with Crippen LogP contribution in [0.1, 0.15) is 5.56 Å². The first-order chi connectivity index (χ1) is 8.60. The Morgan fingerprint density at radius 2 is 1.89 bits per heavy atom. The summed E-state index contributed by atoms with van der Waals surface area (Å²) in [6.07, 6.45) is 0. The van der Waals surface area contributed by atoms with Gasteiger partial charge >= 0.3 is 12.0 Å². The number of phenolic OH excluding ortho intramolecular Hbond substituents is 1. The molecular weight excluding hydrogens is 258 g/mol. The van der Waals surface area contributed by atoms with E-state index in [4.69, 9.17) is 21.1 Å². The van der Waals surface area contributed by atoms with E-state index in [2.05, 4.69) is 15.0 Å². The summed E-state index contributed by atoms with van der Waals surface area (Å²) in [6, 6.07) is 4.95. The van der Waals surface area contributed by atoms with Crippen LogP contribution in [0.3, 0.4) is 0 Å². The summed E-state index contributed by atoms with van der Waals surface area (Å²) in [5.41, 5.74) is 0.577. The summed E-state index contributed by atoms with van der Waals surface area (Å²) in [5.74, 6) is 0.555. The zero-order valence-electron chi connectivity index (χ0n) is 9.72. The normalized spacial score (nSPS) is 10.2. The smallest absolute Gasteiger partial charge is 0.329 e. The lowest BCUT2D eigenvalue weighted by molar-refractivity contribution is 0.357. The maximum Gasteiger partial charge on any atom is 0.329 e. The molecule has 0 spiro atoms. The highest BCUT2D eigenvalue weighted by atomic mass is 35.5. The van der Waals surface area contributed by atoms with E-state index in [0.29, 0.717) is 11.3 Å². The molecule has 0 amide bonds. The first-order valence-corrected chi connectivity index (χ1v) is 5.40. The van der Waals surface area contributed by atoms with E-state index in [0.717, 1.165) is 0 Å². The van der Waals surface area contributed by atoms with Gasteiger partial charge in [0.15, 0.2) is 0 Å². The van der Waals surface area contributed by atoms with E-state index in [1.165, 1.54) is 7.11 Å². The molecule has 1 heterocycles. The van der Waals surface area contributed by atoms with Gasteiger partial charge in [0.05, 0.1) is 7.11 Å². The van der Waals surface area contributed by atoms with E-state index >= 15 is 0 Å². The summed E-state index contributed by atoms with van der Waals surface area (Å²) in [4.78, 5) is 11.4. The fourth-order valence-electron chi connectivity index (χ4n) is 1.26. The van der Waals surface area contributed by atoms with Crippen LogP contribution in [-0.2, 0) is 0 Å². The molecule has 2 aromatic rings. The van der Waals surface area contributed by atoms with Gasteiger partial charge in [-0.3, -0.25) is 0 Å². The van der Waals surface area contributed by atoms with Gasteiger partial charge in [-0.2, -0.15) is 9.97 Å². The third-order valence-electron chi connectivity index (χ3n) is 2.21. The summed E-state index contributed by atoms with van der Waals surface area (Å²) < 4.78 is 10.3. The highest BCUT2D eigenvalue weighted by molar-refractivity contribution is 6.28. The number of nitrogens with zero attached hydrogens (tertiary/aromatic N) is 3. The number of methoxy groups -OCH3 is 1. The molecule has 0 radical (unpaired) electrons. The Hall–Kier alpha value is -2.08. The number of benzene rings is 1. The number of halogens is 1. The molecule has 1 N–H and O–H groups in total. The third-order valence-corrected chi connectivity index (χ3v) is 2.38. The molecule has 7 heteroatoms. The summed E-state index contributed by atoms with van der Waals surface area (Å²) in [5, 5.41) is 9.52. The molecule has 18 heavy (non-hydrogen) atoms. The topological polar surface area (TPSA) is 77.4 Å².